The third-order valence-electron chi connectivity index (χ3n) is 5.28. The van der Waals surface area contributed by atoms with E-state index in [-0.39, 0.29) is 5.41 Å². The van der Waals surface area contributed by atoms with Gasteiger partial charge in [-0.25, -0.2) is 0 Å². The molecule has 1 aliphatic heterocycles. The van der Waals surface area contributed by atoms with E-state index in [1.165, 1.54) is 17.7 Å². The van der Waals surface area contributed by atoms with Gasteiger partial charge in [0, 0.05) is 56.3 Å². The van der Waals surface area contributed by atoms with Crippen molar-refractivity contribution >= 4 is 5.69 Å². The highest BCUT2D eigenvalue weighted by Crippen LogP contribution is 2.34. The number of benzene rings is 1. The molecule has 2 heterocycles. The maximum atomic E-state index is 5.91. The van der Waals surface area contributed by atoms with Gasteiger partial charge in [0.25, 0.3) is 0 Å². The van der Waals surface area contributed by atoms with Gasteiger partial charge in [-0.15, -0.1) is 0 Å². The summed E-state index contributed by atoms with van der Waals surface area (Å²) in [5.41, 5.74) is 3.81. The molecule has 1 atom stereocenters. The summed E-state index contributed by atoms with van der Waals surface area (Å²) in [4.78, 5) is 9.35. The van der Waals surface area contributed by atoms with Crippen molar-refractivity contribution in [1.29, 1.82) is 0 Å². The Morgan fingerprint density at radius 2 is 2.00 bits per heavy atom. The Labute approximate surface area is 157 Å². The number of rotatable bonds is 8. The fourth-order valence-electron chi connectivity index (χ4n) is 3.90. The predicted molar refractivity (Wildman–Crippen MR) is 108 cm³/mol. The first kappa shape index (κ1) is 18.9. The third kappa shape index (κ3) is 4.83. The summed E-state index contributed by atoms with van der Waals surface area (Å²) >= 11 is 0. The molecule has 1 aromatic heterocycles. The molecule has 1 aromatic carbocycles. The Kier molecular flexibility index (Phi) is 6.28. The molecule has 0 saturated carbocycles. The van der Waals surface area contributed by atoms with Crippen LogP contribution < -0.4 is 4.90 Å². The molecular weight excluding hydrogens is 322 g/mol. The number of likely N-dealkylation sites (tertiary alicyclic amines) is 1. The van der Waals surface area contributed by atoms with Crippen molar-refractivity contribution in [3.05, 3.63) is 59.9 Å². The number of para-hydroxylation sites is 1. The van der Waals surface area contributed by atoms with Gasteiger partial charge in [-0.3, -0.25) is 9.88 Å². The lowest BCUT2D eigenvalue weighted by molar-refractivity contribution is 0.0582. The maximum Gasteiger partial charge on any atom is 0.0552 e. The average Bonchev–Trinajstić information content (AvgIpc) is 3.05. The van der Waals surface area contributed by atoms with E-state index in [0.717, 1.165) is 45.1 Å². The fraction of sp³-hybridized carbons (Fsp3) is 0.500. The molecule has 1 saturated heterocycles. The zero-order valence-corrected chi connectivity index (χ0v) is 16.3. The Balaban J connectivity index is 1.67. The summed E-state index contributed by atoms with van der Waals surface area (Å²) in [5, 5.41) is 0. The number of aryl methyl sites for hydroxylation is 1. The number of anilines is 1. The lowest BCUT2D eigenvalue weighted by Crippen LogP contribution is -2.41. The van der Waals surface area contributed by atoms with E-state index < -0.39 is 0 Å². The van der Waals surface area contributed by atoms with Crippen LogP contribution in [0.3, 0.4) is 0 Å². The molecule has 4 nitrogen and oxygen atoms in total. The van der Waals surface area contributed by atoms with Gasteiger partial charge < -0.3 is 9.64 Å². The van der Waals surface area contributed by atoms with E-state index in [1.54, 1.807) is 0 Å². The standard InChI is InChI=1S/C22H31N3O/c1-4-26-18-22(16-24(3)21-8-6-5-7-9-21)12-13-25(17-22)15-20-11-10-19(2)23-14-20/h5-11,14H,4,12-13,15-18H2,1-3H3/t22-/m1/s1. The van der Waals surface area contributed by atoms with Crippen LogP contribution in [0, 0.1) is 12.3 Å². The second kappa shape index (κ2) is 8.65. The molecule has 1 fully saturated rings. The van der Waals surface area contributed by atoms with Gasteiger partial charge in [0.15, 0.2) is 0 Å². The zero-order valence-electron chi connectivity index (χ0n) is 16.3. The van der Waals surface area contributed by atoms with Crippen molar-refractivity contribution in [1.82, 2.24) is 9.88 Å². The molecule has 0 radical (unpaired) electrons. The van der Waals surface area contributed by atoms with Crippen LogP contribution in [0.15, 0.2) is 48.7 Å². The summed E-state index contributed by atoms with van der Waals surface area (Å²) in [6.45, 7) is 9.88. The van der Waals surface area contributed by atoms with Crippen LogP contribution in [0.2, 0.25) is 0 Å². The van der Waals surface area contributed by atoms with Gasteiger partial charge in [-0.2, -0.15) is 0 Å². The third-order valence-corrected chi connectivity index (χ3v) is 5.28. The number of pyridine rings is 1. The minimum Gasteiger partial charge on any atom is -0.381 e. The van der Waals surface area contributed by atoms with E-state index in [9.17, 15) is 0 Å². The van der Waals surface area contributed by atoms with Gasteiger partial charge in [0.05, 0.1) is 6.61 Å². The number of hydrogen-bond donors (Lipinski definition) is 0. The summed E-state index contributed by atoms with van der Waals surface area (Å²) in [5.74, 6) is 0. The molecule has 3 rings (SSSR count). The van der Waals surface area contributed by atoms with E-state index >= 15 is 0 Å². The van der Waals surface area contributed by atoms with Crippen molar-refractivity contribution in [3.63, 3.8) is 0 Å². The Hall–Kier alpha value is -1.91. The quantitative estimate of drug-likeness (QED) is 0.722. The topological polar surface area (TPSA) is 28.6 Å². The Bertz CT molecular complexity index is 674. The van der Waals surface area contributed by atoms with E-state index in [1.807, 2.05) is 13.1 Å². The summed E-state index contributed by atoms with van der Waals surface area (Å²) in [6.07, 6.45) is 3.18. The molecule has 140 valence electrons. The van der Waals surface area contributed by atoms with Gasteiger partial charge in [-0.05, 0) is 50.6 Å². The highest BCUT2D eigenvalue weighted by molar-refractivity contribution is 5.45. The molecular formula is C22H31N3O. The lowest BCUT2D eigenvalue weighted by Gasteiger charge is -2.34. The molecule has 0 bridgehead atoms. The number of aromatic nitrogens is 1. The highest BCUT2D eigenvalue weighted by Gasteiger charge is 2.39. The SMILES string of the molecule is CCOC[C@@]1(CN(C)c2ccccc2)CCN(Cc2ccc(C)nc2)C1. The van der Waals surface area contributed by atoms with Crippen LogP contribution in [0.4, 0.5) is 5.69 Å². The van der Waals surface area contributed by atoms with Crippen molar-refractivity contribution in [2.45, 2.75) is 26.8 Å². The molecule has 0 unspecified atom stereocenters. The number of hydrogen-bond acceptors (Lipinski definition) is 4. The largest absolute Gasteiger partial charge is 0.381 e. The smallest absolute Gasteiger partial charge is 0.0552 e. The van der Waals surface area contributed by atoms with Crippen LogP contribution >= 0.6 is 0 Å². The maximum absolute atomic E-state index is 5.91. The van der Waals surface area contributed by atoms with E-state index in [0.29, 0.717) is 0 Å². The molecule has 26 heavy (non-hydrogen) atoms. The first-order chi connectivity index (χ1) is 12.6. The average molecular weight is 354 g/mol. The zero-order chi connectivity index (χ0) is 18.4. The van der Waals surface area contributed by atoms with Gasteiger partial charge in [0.2, 0.25) is 0 Å². The number of ether oxygens (including phenoxy) is 1. The molecule has 4 heteroatoms. The second-order valence-corrected chi connectivity index (χ2v) is 7.60. The second-order valence-electron chi connectivity index (χ2n) is 7.60. The van der Waals surface area contributed by atoms with E-state index in [2.05, 4.69) is 71.2 Å². The van der Waals surface area contributed by atoms with Crippen molar-refractivity contribution in [3.8, 4) is 0 Å². The van der Waals surface area contributed by atoms with Crippen LogP contribution in [-0.2, 0) is 11.3 Å². The lowest BCUT2D eigenvalue weighted by atomic mass is 9.87. The monoisotopic (exact) mass is 353 g/mol. The van der Waals surface area contributed by atoms with Crippen LogP contribution in [0.1, 0.15) is 24.6 Å². The van der Waals surface area contributed by atoms with E-state index in [4.69, 9.17) is 4.74 Å². The molecule has 0 amide bonds. The fourth-order valence-corrected chi connectivity index (χ4v) is 3.90. The Morgan fingerprint density at radius 3 is 2.69 bits per heavy atom. The van der Waals surface area contributed by atoms with Gasteiger partial charge in [0.1, 0.15) is 0 Å². The van der Waals surface area contributed by atoms with Crippen LogP contribution in [0.25, 0.3) is 0 Å². The molecule has 1 aliphatic rings. The normalized spacial score (nSPS) is 20.4. The minimum atomic E-state index is 0.179. The number of nitrogens with zero attached hydrogens (tertiary/aromatic N) is 3. The molecule has 0 N–H and O–H groups in total. The molecule has 0 aliphatic carbocycles. The van der Waals surface area contributed by atoms with Crippen LogP contribution in [-0.4, -0.2) is 49.8 Å². The molecule has 2 aromatic rings. The summed E-state index contributed by atoms with van der Waals surface area (Å²) in [7, 11) is 2.19. The van der Waals surface area contributed by atoms with Crippen molar-refractivity contribution in [2.75, 3.05) is 44.8 Å². The predicted octanol–water partition coefficient (Wildman–Crippen LogP) is 3.76. The van der Waals surface area contributed by atoms with Crippen molar-refractivity contribution < 1.29 is 4.74 Å². The van der Waals surface area contributed by atoms with Crippen molar-refractivity contribution in [2.24, 2.45) is 5.41 Å². The highest BCUT2D eigenvalue weighted by atomic mass is 16.5. The molecule has 0 spiro atoms. The Morgan fingerprint density at radius 1 is 1.19 bits per heavy atom. The first-order valence-corrected chi connectivity index (χ1v) is 9.58. The summed E-state index contributed by atoms with van der Waals surface area (Å²) < 4.78 is 5.91. The van der Waals surface area contributed by atoms with Gasteiger partial charge in [-0.1, -0.05) is 24.3 Å². The summed E-state index contributed by atoms with van der Waals surface area (Å²) in [6, 6.07) is 14.9. The van der Waals surface area contributed by atoms with Gasteiger partial charge >= 0.3 is 0 Å². The first-order valence-electron chi connectivity index (χ1n) is 9.58. The van der Waals surface area contributed by atoms with Crippen LogP contribution in [0.5, 0.6) is 0 Å². The minimum absolute atomic E-state index is 0.179.